The van der Waals surface area contributed by atoms with Crippen molar-refractivity contribution in [3.05, 3.63) is 72.2 Å². The van der Waals surface area contributed by atoms with Gasteiger partial charge in [-0.3, -0.25) is 14.6 Å². The van der Waals surface area contributed by atoms with Crippen LogP contribution < -0.4 is 4.74 Å². The zero-order valence-electron chi connectivity index (χ0n) is 19.9. The third kappa shape index (κ3) is 6.94. The first kappa shape index (κ1) is 22.6. The van der Waals surface area contributed by atoms with Crippen LogP contribution >= 0.6 is 0 Å². The number of amides is 1. The van der Waals surface area contributed by atoms with Crippen molar-refractivity contribution in [1.82, 2.24) is 9.88 Å². The quantitative estimate of drug-likeness (QED) is 0.370. The Morgan fingerprint density at radius 2 is 1.91 bits per heavy atom. The van der Waals surface area contributed by atoms with Crippen LogP contribution in [0.3, 0.4) is 0 Å². The lowest BCUT2D eigenvalue weighted by atomic mass is 10.1. The first-order valence-electron chi connectivity index (χ1n) is 11.6. The van der Waals surface area contributed by atoms with Gasteiger partial charge in [0.2, 0.25) is 0 Å². The highest BCUT2D eigenvalue weighted by Gasteiger charge is 2.21. The van der Waals surface area contributed by atoms with E-state index >= 15 is 0 Å². The summed E-state index contributed by atoms with van der Waals surface area (Å²) < 4.78 is 20.1. The summed E-state index contributed by atoms with van der Waals surface area (Å²) in [5.41, 5.74) is 1.70. The average molecular weight is 452 g/mol. The molecule has 0 spiro atoms. The van der Waals surface area contributed by atoms with Gasteiger partial charge in [0.25, 0.3) is 5.91 Å². The number of unbranched alkanes of at least 4 members (excludes halogenated alkanes) is 2. The molecule has 7 heteroatoms. The molecule has 3 rings (SSSR count). The van der Waals surface area contributed by atoms with Crippen LogP contribution in [-0.4, -0.2) is 39.5 Å². The summed E-state index contributed by atoms with van der Waals surface area (Å²) in [6.45, 7) is 3.06. The molecule has 2 heterocycles. The second-order valence-electron chi connectivity index (χ2n) is 7.93. The van der Waals surface area contributed by atoms with Gasteiger partial charge >= 0.3 is 5.97 Å². The van der Waals surface area contributed by atoms with Crippen molar-refractivity contribution >= 4 is 11.9 Å². The number of pyridine rings is 1. The van der Waals surface area contributed by atoms with Crippen molar-refractivity contribution in [2.75, 3.05) is 6.61 Å². The van der Waals surface area contributed by atoms with Gasteiger partial charge < -0.3 is 19.2 Å². The predicted molar refractivity (Wildman–Crippen MR) is 125 cm³/mol. The number of carbonyl (C=O) groups excluding carboxylic acids is 1. The molecule has 0 aliphatic carbocycles. The Hall–Kier alpha value is -3.61. The molecule has 1 amide bonds. The van der Waals surface area contributed by atoms with E-state index in [4.69, 9.17) is 15.6 Å². The molecular weight excluding hydrogens is 420 g/mol. The van der Waals surface area contributed by atoms with E-state index in [1.165, 1.54) is 4.90 Å². The van der Waals surface area contributed by atoms with E-state index < -0.39 is 12.5 Å². The first-order valence-corrected chi connectivity index (χ1v) is 11.1. The van der Waals surface area contributed by atoms with E-state index in [1.807, 2.05) is 38.1 Å². The molecule has 1 unspecified atom stereocenters. The number of hydrogen-bond donors (Lipinski definition) is 1. The Kier molecular flexibility index (Phi) is 8.11. The number of rotatable bonds is 12. The van der Waals surface area contributed by atoms with E-state index in [0.29, 0.717) is 36.5 Å². The molecule has 1 atom stereocenters. The van der Waals surface area contributed by atoms with E-state index in [1.54, 1.807) is 36.7 Å². The van der Waals surface area contributed by atoms with Crippen LogP contribution in [-0.2, 0) is 11.3 Å². The Labute approximate surface area is 195 Å². The standard InChI is InChI=1S/C26H30N2O5/c1-19(2)28(26(31)21-13-11-20(12-14-21)23-9-7-17-32-23)18-22-24(8-6-15-27-22)33-16-5-3-4-10-25(29)30/h6-9,11-15,17,19H,3-5,10,16,18H2,1-2H3,(H,29,30)/i18D. The van der Waals surface area contributed by atoms with E-state index in [9.17, 15) is 9.59 Å². The molecule has 0 saturated heterocycles. The molecule has 1 aromatic carbocycles. The Morgan fingerprint density at radius 1 is 1.12 bits per heavy atom. The van der Waals surface area contributed by atoms with Gasteiger partial charge in [0.15, 0.2) is 0 Å². The van der Waals surface area contributed by atoms with Crippen LogP contribution in [0, 0.1) is 0 Å². The molecule has 2 aromatic heterocycles. The largest absolute Gasteiger partial charge is 0.492 e. The predicted octanol–water partition coefficient (Wildman–Crippen LogP) is 5.42. The number of carboxylic acid groups (broad SMARTS) is 1. The molecule has 0 saturated carbocycles. The lowest BCUT2D eigenvalue weighted by Gasteiger charge is -2.27. The fourth-order valence-corrected chi connectivity index (χ4v) is 3.30. The first-order chi connectivity index (χ1) is 16.4. The minimum atomic E-state index is -1.06. The number of furan rings is 1. The van der Waals surface area contributed by atoms with Crippen LogP contribution in [0.1, 0.15) is 57.0 Å². The van der Waals surface area contributed by atoms with Gasteiger partial charge in [-0.25, -0.2) is 0 Å². The van der Waals surface area contributed by atoms with Crippen LogP contribution in [0.25, 0.3) is 11.3 Å². The second kappa shape index (κ2) is 11.9. The van der Waals surface area contributed by atoms with Crippen molar-refractivity contribution in [2.45, 2.75) is 52.1 Å². The fourth-order valence-electron chi connectivity index (χ4n) is 3.30. The molecule has 3 aromatic rings. The number of benzene rings is 1. The molecule has 0 aliphatic heterocycles. The third-order valence-electron chi connectivity index (χ3n) is 5.08. The Balaban J connectivity index is 1.71. The smallest absolute Gasteiger partial charge is 0.303 e. The maximum Gasteiger partial charge on any atom is 0.303 e. The fraction of sp³-hybridized carbons (Fsp3) is 0.346. The average Bonchev–Trinajstić information content (AvgIpc) is 3.36. The molecule has 33 heavy (non-hydrogen) atoms. The zero-order chi connectivity index (χ0) is 24.5. The number of carboxylic acids is 1. The minimum absolute atomic E-state index is 0.140. The summed E-state index contributed by atoms with van der Waals surface area (Å²) in [6, 6.07) is 14.0. The summed E-state index contributed by atoms with van der Waals surface area (Å²) >= 11 is 0. The SMILES string of the molecule is [2H]C(c1ncccc1OCCCCCC(=O)O)N(C(=O)c1ccc(-c2ccco2)cc1)C(C)C. The van der Waals surface area contributed by atoms with Crippen molar-refractivity contribution < 1.29 is 25.2 Å². The zero-order valence-corrected chi connectivity index (χ0v) is 18.9. The molecule has 0 fully saturated rings. The maximum absolute atomic E-state index is 13.4. The highest BCUT2D eigenvalue weighted by molar-refractivity contribution is 5.94. The monoisotopic (exact) mass is 451 g/mol. The minimum Gasteiger partial charge on any atom is -0.492 e. The maximum atomic E-state index is 13.4. The van der Waals surface area contributed by atoms with Gasteiger partial charge in [-0.15, -0.1) is 0 Å². The van der Waals surface area contributed by atoms with Crippen LogP contribution in [0.2, 0.25) is 0 Å². The topological polar surface area (TPSA) is 92.9 Å². The Morgan fingerprint density at radius 3 is 2.58 bits per heavy atom. The van der Waals surface area contributed by atoms with Gasteiger partial charge in [0.05, 0.1) is 20.8 Å². The van der Waals surface area contributed by atoms with Gasteiger partial charge in [-0.05, 0) is 69.5 Å². The van der Waals surface area contributed by atoms with Gasteiger partial charge in [0, 0.05) is 29.8 Å². The third-order valence-corrected chi connectivity index (χ3v) is 5.08. The number of hydrogen-bond acceptors (Lipinski definition) is 5. The lowest BCUT2D eigenvalue weighted by molar-refractivity contribution is -0.137. The second-order valence-corrected chi connectivity index (χ2v) is 7.93. The van der Waals surface area contributed by atoms with Crippen molar-refractivity contribution in [2.24, 2.45) is 0 Å². The van der Waals surface area contributed by atoms with Gasteiger partial charge in [-0.2, -0.15) is 0 Å². The molecule has 0 aliphatic rings. The number of nitrogens with zero attached hydrogens (tertiary/aromatic N) is 2. The van der Waals surface area contributed by atoms with Crippen LogP contribution in [0.4, 0.5) is 0 Å². The lowest BCUT2D eigenvalue weighted by Crippen LogP contribution is -2.36. The highest BCUT2D eigenvalue weighted by atomic mass is 16.5. The molecular formula is C26H30N2O5. The summed E-state index contributed by atoms with van der Waals surface area (Å²) in [7, 11) is 0. The summed E-state index contributed by atoms with van der Waals surface area (Å²) in [5, 5.41) is 8.73. The van der Waals surface area contributed by atoms with Crippen molar-refractivity contribution in [1.29, 1.82) is 0 Å². The van der Waals surface area contributed by atoms with Gasteiger partial charge in [-0.1, -0.05) is 12.1 Å². The highest BCUT2D eigenvalue weighted by Crippen LogP contribution is 2.23. The Bertz CT molecular complexity index is 1070. The van der Waals surface area contributed by atoms with Crippen LogP contribution in [0.15, 0.2) is 65.4 Å². The van der Waals surface area contributed by atoms with Gasteiger partial charge in [0.1, 0.15) is 17.2 Å². The van der Waals surface area contributed by atoms with Crippen molar-refractivity contribution in [3.63, 3.8) is 0 Å². The summed E-state index contributed by atoms with van der Waals surface area (Å²) in [4.78, 5) is 29.8. The van der Waals surface area contributed by atoms with E-state index in [0.717, 1.165) is 17.7 Å². The molecule has 0 bridgehead atoms. The molecule has 174 valence electrons. The van der Waals surface area contributed by atoms with Crippen LogP contribution in [0.5, 0.6) is 5.75 Å². The number of aliphatic carboxylic acids is 1. The summed E-state index contributed by atoms with van der Waals surface area (Å²) in [6.07, 6.45) is 5.34. The molecule has 0 radical (unpaired) electrons. The number of aromatic nitrogens is 1. The van der Waals surface area contributed by atoms with E-state index in [2.05, 4.69) is 4.98 Å². The summed E-state index contributed by atoms with van der Waals surface area (Å²) in [5.74, 6) is 0.0940. The molecule has 7 nitrogen and oxygen atoms in total. The molecule has 1 N–H and O–H groups in total. The van der Waals surface area contributed by atoms with E-state index in [-0.39, 0.29) is 18.4 Å². The normalized spacial score (nSPS) is 12.3. The number of ether oxygens (including phenoxy) is 1. The van der Waals surface area contributed by atoms with Crippen molar-refractivity contribution in [3.8, 4) is 17.1 Å². The number of carbonyl (C=O) groups is 2.